The predicted octanol–water partition coefficient (Wildman–Crippen LogP) is 5.98. The van der Waals surface area contributed by atoms with Gasteiger partial charge in [-0.2, -0.15) is 0 Å². The van der Waals surface area contributed by atoms with E-state index in [2.05, 4.69) is 29.6 Å². The molecule has 0 spiro atoms. The number of amides is 1. The molecule has 0 saturated carbocycles. The molecule has 0 saturated heterocycles. The van der Waals surface area contributed by atoms with Crippen LogP contribution < -0.4 is 5.32 Å². The summed E-state index contributed by atoms with van der Waals surface area (Å²) in [6.45, 7) is 8.30. The molecule has 0 aliphatic heterocycles. The van der Waals surface area contributed by atoms with Crippen LogP contribution in [-0.2, 0) is 9.53 Å². The third kappa shape index (κ3) is 5.23. The Balaban J connectivity index is 0.00000320. The third-order valence-corrected chi connectivity index (χ3v) is 5.79. The minimum atomic E-state index is -0.519. The summed E-state index contributed by atoms with van der Waals surface area (Å²) in [5.74, 6) is 0.421. The number of rotatable bonds is 8. The zero-order valence-electron chi connectivity index (χ0n) is 18.2. The number of fused-ring (bicyclic) bond motifs is 3. The molecule has 1 amide bonds. The molecule has 0 unspecified atom stereocenters. The maximum Gasteiger partial charge on any atom is 0.407 e. The molecule has 3 rings (SSSR count). The van der Waals surface area contributed by atoms with Gasteiger partial charge in [0.15, 0.2) is 5.78 Å². The number of carbonyl (C=O) groups is 2. The van der Waals surface area contributed by atoms with Gasteiger partial charge < -0.3 is 10.1 Å². The van der Waals surface area contributed by atoms with Crippen molar-refractivity contribution in [2.75, 3.05) is 6.61 Å². The van der Waals surface area contributed by atoms with E-state index in [1.807, 2.05) is 52.0 Å². The van der Waals surface area contributed by atoms with Gasteiger partial charge in [-0.1, -0.05) is 82.6 Å². The summed E-state index contributed by atoms with van der Waals surface area (Å²) in [4.78, 5) is 25.2. The molecule has 1 N–H and O–H groups in total. The van der Waals surface area contributed by atoms with Crippen LogP contribution in [0.5, 0.6) is 0 Å². The van der Waals surface area contributed by atoms with Crippen LogP contribution in [0, 0.1) is 11.8 Å². The van der Waals surface area contributed by atoms with Crippen molar-refractivity contribution in [2.45, 2.75) is 52.5 Å². The van der Waals surface area contributed by atoms with Gasteiger partial charge in [0.1, 0.15) is 6.61 Å². The number of Topliss-reactive ketones (excluding diaryl/α,β-unsaturated/α-hetero) is 1. The lowest BCUT2D eigenvalue weighted by molar-refractivity contribution is -0.122. The Morgan fingerprint density at radius 1 is 0.967 bits per heavy atom. The molecule has 162 valence electrons. The van der Waals surface area contributed by atoms with Gasteiger partial charge in [0.05, 0.1) is 6.04 Å². The Kier molecular flexibility index (Phi) is 8.48. The second kappa shape index (κ2) is 10.6. The molecule has 2 aromatic rings. The Morgan fingerprint density at radius 2 is 1.50 bits per heavy atom. The SMILES string of the molecule is CC[C@@H](C)[C@@H](NC(=O)OCC1c2ccccc2-c2ccccc21)C(=O)CC(C)C.Cl. The van der Waals surface area contributed by atoms with E-state index in [0.29, 0.717) is 6.42 Å². The Labute approximate surface area is 185 Å². The minimum Gasteiger partial charge on any atom is -0.449 e. The van der Waals surface area contributed by atoms with E-state index in [1.54, 1.807) is 0 Å². The van der Waals surface area contributed by atoms with Gasteiger partial charge in [0, 0.05) is 12.3 Å². The number of halogens is 1. The van der Waals surface area contributed by atoms with Crippen molar-refractivity contribution in [3.63, 3.8) is 0 Å². The molecule has 0 heterocycles. The molecular formula is C25H32ClNO3. The molecule has 0 fully saturated rings. The first-order valence-electron chi connectivity index (χ1n) is 10.6. The summed E-state index contributed by atoms with van der Waals surface area (Å²) in [6, 6.07) is 16.0. The molecule has 4 nitrogen and oxygen atoms in total. The van der Waals surface area contributed by atoms with Crippen LogP contribution in [0.25, 0.3) is 11.1 Å². The monoisotopic (exact) mass is 429 g/mol. The second-order valence-corrected chi connectivity index (χ2v) is 8.40. The molecule has 1 aliphatic rings. The number of benzene rings is 2. The molecular weight excluding hydrogens is 398 g/mol. The van der Waals surface area contributed by atoms with E-state index in [9.17, 15) is 9.59 Å². The van der Waals surface area contributed by atoms with Gasteiger partial charge in [-0.05, 0) is 34.1 Å². The highest BCUT2D eigenvalue weighted by atomic mass is 35.5. The maximum atomic E-state index is 12.6. The molecule has 0 aromatic heterocycles. The Bertz CT molecular complexity index is 835. The number of ketones is 1. The largest absolute Gasteiger partial charge is 0.449 e. The number of hydrogen-bond donors (Lipinski definition) is 1. The first kappa shape index (κ1) is 23.9. The average Bonchev–Trinajstić information content (AvgIpc) is 3.03. The average molecular weight is 430 g/mol. The van der Waals surface area contributed by atoms with Crippen molar-refractivity contribution in [3.8, 4) is 11.1 Å². The molecule has 0 bridgehead atoms. The normalized spacial score (nSPS) is 14.3. The molecule has 2 aromatic carbocycles. The number of ether oxygens (including phenoxy) is 1. The third-order valence-electron chi connectivity index (χ3n) is 5.79. The minimum absolute atomic E-state index is 0. The van der Waals surface area contributed by atoms with Gasteiger partial charge >= 0.3 is 6.09 Å². The second-order valence-electron chi connectivity index (χ2n) is 8.40. The number of carbonyl (C=O) groups excluding carboxylic acids is 2. The van der Waals surface area contributed by atoms with E-state index in [4.69, 9.17) is 4.74 Å². The highest BCUT2D eigenvalue weighted by molar-refractivity contribution is 5.88. The first-order chi connectivity index (χ1) is 13.9. The van der Waals surface area contributed by atoms with Crippen LogP contribution in [0.2, 0.25) is 0 Å². The molecule has 1 aliphatic carbocycles. The van der Waals surface area contributed by atoms with Crippen molar-refractivity contribution in [1.29, 1.82) is 0 Å². The summed E-state index contributed by atoms with van der Waals surface area (Å²) in [6.07, 6.45) is 0.755. The van der Waals surface area contributed by atoms with Gasteiger partial charge in [-0.3, -0.25) is 4.79 Å². The fourth-order valence-electron chi connectivity index (χ4n) is 4.07. The summed E-state index contributed by atoms with van der Waals surface area (Å²) in [5.41, 5.74) is 4.75. The van der Waals surface area contributed by atoms with Gasteiger partial charge in [0.25, 0.3) is 0 Å². The van der Waals surface area contributed by atoms with Gasteiger partial charge in [0.2, 0.25) is 0 Å². The standard InChI is InChI=1S/C25H31NO3.ClH/c1-5-17(4)24(23(27)14-16(2)3)26-25(28)29-15-22-20-12-8-6-10-18(20)19-11-7-9-13-21(19)22;/h6-13,16-17,22,24H,5,14-15H2,1-4H3,(H,26,28);1H/t17-,24-;/m1./s1. The van der Waals surface area contributed by atoms with Gasteiger partial charge in [-0.15, -0.1) is 12.4 Å². The smallest absolute Gasteiger partial charge is 0.407 e. The van der Waals surface area contributed by atoms with E-state index in [-0.39, 0.29) is 42.6 Å². The van der Waals surface area contributed by atoms with E-state index < -0.39 is 12.1 Å². The van der Waals surface area contributed by atoms with Crippen LogP contribution in [0.3, 0.4) is 0 Å². The Hall–Kier alpha value is -2.33. The van der Waals surface area contributed by atoms with Crippen LogP contribution >= 0.6 is 12.4 Å². The highest BCUT2D eigenvalue weighted by Gasteiger charge is 2.30. The lowest BCUT2D eigenvalue weighted by Gasteiger charge is -2.24. The summed E-state index contributed by atoms with van der Waals surface area (Å²) in [5, 5.41) is 2.83. The quantitative estimate of drug-likeness (QED) is 0.561. The topological polar surface area (TPSA) is 55.4 Å². The maximum absolute atomic E-state index is 12.6. The van der Waals surface area contributed by atoms with Crippen LogP contribution in [-0.4, -0.2) is 24.5 Å². The number of hydrogen-bond acceptors (Lipinski definition) is 3. The van der Waals surface area contributed by atoms with E-state index in [0.717, 1.165) is 6.42 Å². The number of nitrogens with one attached hydrogen (secondary N) is 1. The summed E-state index contributed by atoms with van der Waals surface area (Å²) >= 11 is 0. The van der Waals surface area contributed by atoms with E-state index >= 15 is 0 Å². The molecule has 0 radical (unpaired) electrons. The molecule has 2 atom stereocenters. The lowest BCUT2D eigenvalue weighted by atomic mass is 9.91. The zero-order valence-corrected chi connectivity index (χ0v) is 19.0. The fourth-order valence-corrected chi connectivity index (χ4v) is 4.07. The van der Waals surface area contributed by atoms with Crippen molar-refractivity contribution >= 4 is 24.3 Å². The molecule has 5 heteroatoms. The Morgan fingerprint density at radius 3 is 2.00 bits per heavy atom. The van der Waals surface area contributed by atoms with Crippen molar-refractivity contribution in [3.05, 3.63) is 59.7 Å². The van der Waals surface area contributed by atoms with Crippen molar-refractivity contribution < 1.29 is 14.3 Å². The van der Waals surface area contributed by atoms with Crippen molar-refractivity contribution in [1.82, 2.24) is 5.32 Å². The lowest BCUT2D eigenvalue weighted by Crippen LogP contribution is -2.45. The van der Waals surface area contributed by atoms with Crippen molar-refractivity contribution in [2.24, 2.45) is 11.8 Å². The first-order valence-corrected chi connectivity index (χ1v) is 10.6. The fraction of sp³-hybridized carbons (Fsp3) is 0.440. The summed E-state index contributed by atoms with van der Waals surface area (Å²) < 4.78 is 5.62. The number of alkyl carbamates (subject to hydrolysis) is 1. The predicted molar refractivity (Wildman–Crippen MR) is 123 cm³/mol. The zero-order chi connectivity index (χ0) is 21.0. The van der Waals surface area contributed by atoms with Crippen LogP contribution in [0.1, 0.15) is 57.6 Å². The summed E-state index contributed by atoms with van der Waals surface area (Å²) in [7, 11) is 0. The van der Waals surface area contributed by atoms with Crippen LogP contribution in [0.4, 0.5) is 4.79 Å². The highest BCUT2D eigenvalue weighted by Crippen LogP contribution is 2.44. The van der Waals surface area contributed by atoms with E-state index in [1.165, 1.54) is 22.3 Å². The molecule has 30 heavy (non-hydrogen) atoms. The van der Waals surface area contributed by atoms with Crippen LogP contribution in [0.15, 0.2) is 48.5 Å². The van der Waals surface area contributed by atoms with Gasteiger partial charge in [-0.25, -0.2) is 4.79 Å².